The van der Waals surface area contributed by atoms with E-state index in [-0.39, 0.29) is 17.1 Å². The van der Waals surface area contributed by atoms with Crippen LogP contribution in [0.2, 0.25) is 0 Å². The van der Waals surface area contributed by atoms with E-state index in [1.54, 1.807) is 6.07 Å². The second-order valence-corrected chi connectivity index (χ2v) is 5.90. The van der Waals surface area contributed by atoms with Crippen LogP contribution >= 0.6 is 22.6 Å². The highest BCUT2D eigenvalue weighted by atomic mass is 127. The first-order valence-corrected chi connectivity index (χ1v) is 6.04. The number of nitro benzene ring substituents is 1. The monoisotopic (exact) mass is 348 g/mol. The zero-order chi connectivity index (χ0) is 13.2. The molecule has 0 aliphatic rings. The number of amides is 1. The van der Waals surface area contributed by atoms with E-state index in [9.17, 15) is 14.9 Å². The highest BCUT2D eigenvalue weighted by Gasteiger charge is 2.18. The molecule has 1 amide bonds. The molecule has 1 rings (SSSR count). The lowest BCUT2D eigenvalue weighted by Gasteiger charge is -2.20. The Morgan fingerprint density at radius 2 is 1.94 bits per heavy atom. The number of hydrogen-bond donors (Lipinski definition) is 1. The number of nitro groups is 1. The van der Waals surface area contributed by atoms with E-state index in [1.165, 1.54) is 12.1 Å². The average molecular weight is 348 g/mol. The standard InChI is InChI=1S/C11H13IN2O3/c1-11(2,3)13-10(15)7-4-8(12)6-9(5-7)14(16)17/h4-6H,1-3H3,(H,13,15). The van der Waals surface area contributed by atoms with E-state index in [0.717, 1.165) is 0 Å². The Kier molecular flexibility index (Phi) is 4.07. The van der Waals surface area contributed by atoms with Crippen LogP contribution in [0.4, 0.5) is 5.69 Å². The molecule has 0 saturated carbocycles. The van der Waals surface area contributed by atoms with Crippen LogP contribution in [-0.4, -0.2) is 16.4 Å². The molecule has 1 aromatic carbocycles. The van der Waals surface area contributed by atoms with Crippen molar-refractivity contribution in [3.63, 3.8) is 0 Å². The van der Waals surface area contributed by atoms with Crippen molar-refractivity contribution >= 4 is 34.2 Å². The molecule has 1 aromatic rings. The van der Waals surface area contributed by atoms with E-state index in [4.69, 9.17) is 0 Å². The van der Waals surface area contributed by atoms with Gasteiger partial charge >= 0.3 is 0 Å². The lowest BCUT2D eigenvalue weighted by atomic mass is 10.1. The summed E-state index contributed by atoms with van der Waals surface area (Å²) in [5.74, 6) is -0.306. The van der Waals surface area contributed by atoms with Crippen LogP contribution in [-0.2, 0) is 0 Å². The minimum atomic E-state index is -0.504. The summed E-state index contributed by atoms with van der Waals surface area (Å²) in [5.41, 5.74) is -0.137. The number of non-ortho nitro benzene ring substituents is 1. The molecule has 0 aliphatic heterocycles. The van der Waals surface area contributed by atoms with Gasteiger partial charge < -0.3 is 5.32 Å². The molecule has 17 heavy (non-hydrogen) atoms. The van der Waals surface area contributed by atoms with Crippen LogP contribution in [0.25, 0.3) is 0 Å². The fraction of sp³-hybridized carbons (Fsp3) is 0.364. The Morgan fingerprint density at radius 3 is 2.41 bits per heavy atom. The van der Waals surface area contributed by atoms with Crippen molar-refractivity contribution in [3.8, 4) is 0 Å². The molecule has 0 spiro atoms. The quantitative estimate of drug-likeness (QED) is 0.507. The molecule has 0 saturated heterocycles. The van der Waals surface area contributed by atoms with E-state index in [0.29, 0.717) is 9.13 Å². The van der Waals surface area contributed by atoms with Crippen molar-refractivity contribution in [1.29, 1.82) is 0 Å². The average Bonchev–Trinajstić information content (AvgIpc) is 2.13. The maximum absolute atomic E-state index is 11.9. The maximum Gasteiger partial charge on any atom is 0.271 e. The zero-order valence-corrected chi connectivity index (χ0v) is 11.9. The third kappa shape index (κ3) is 4.29. The maximum atomic E-state index is 11.9. The van der Waals surface area contributed by atoms with E-state index in [1.807, 2.05) is 43.4 Å². The summed E-state index contributed by atoms with van der Waals surface area (Å²) in [4.78, 5) is 22.0. The van der Waals surface area contributed by atoms with Gasteiger partial charge in [0.05, 0.1) is 4.92 Å². The lowest BCUT2D eigenvalue weighted by Crippen LogP contribution is -2.40. The number of carbonyl (C=O) groups is 1. The van der Waals surface area contributed by atoms with Gasteiger partial charge in [0.15, 0.2) is 0 Å². The molecule has 0 fully saturated rings. The van der Waals surface area contributed by atoms with Gasteiger partial charge in [0.2, 0.25) is 0 Å². The van der Waals surface area contributed by atoms with Crippen LogP contribution < -0.4 is 5.32 Å². The topological polar surface area (TPSA) is 72.2 Å². The first kappa shape index (κ1) is 13.9. The molecule has 0 aromatic heterocycles. The number of carbonyl (C=O) groups excluding carboxylic acids is 1. The van der Waals surface area contributed by atoms with Crippen molar-refractivity contribution in [2.45, 2.75) is 26.3 Å². The Labute approximate surface area is 113 Å². The number of nitrogens with zero attached hydrogens (tertiary/aromatic N) is 1. The number of halogens is 1. The van der Waals surface area contributed by atoms with E-state index >= 15 is 0 Å². The van der Waals surface area contributed by atoms with Crippen LogP contribution in [0.1, 0.15) is 31.1 Å². The molecule has 6 heteroatoms. The molecule has 1 N–H and O–H groups in total. The van der Waals surface area contributed by atoms with Gasteiger partial charge in [0.1, 0.15) is 0 Å². The normalized spacial score (nSPS) is 11.1. The molecule has 0 aliphatic carbocycles. The van der Waals surface area contributed by atoms with Gasteiger partial charge in [-0.25, -0.2) is 0 Å². The fourth-order valence-electron chi connectivity index (χ4n) is 1.22. The van der Waals surface area contributed by atoms with Gasteiger partial charge in [-0.05, 0) is 49.4 Å². The minimum absolute atomic E-state index is 0.0732. The van der Waals surface area contributed by atoms with Crippen LogP contribution in [0.5, 0.6) is 0 Å². The number of benzene rings is 1. The van der Waals surface area contributed by atoms with Crippen LogP contribution in [0.3, 0.4) is 0 Å². The summed E-state index contributed by atoms with van der Waals surface area (Å²) >= 11 is 1.95. The summed E-state index contributed by atoms with van der Waals surface area (Å²) in [7, 11) is 0. The molecular weight excluding hydrogens is 335 g/mol. The third-order valence-corrected chi connectivity index (χ3v) is 2.47. The largest absolute Gasteiger partial charge is 0.347 e. The van der Waals surface area contributed by atoms with Crippen molar-refractivity contribution in [3.05, 3.63) is 37.4 Å². The van der Waals surface area contributed by atoms with Gasteiger partial charge in [0.25, 0.3) is 11.6 Å². The predicted molar refractivity (Wildman–Crippen MR) is 73.0 cm³/mol. The first-order valence-electron chi connectivity index (χ1n) is 4.96. The van der Waals surface area contributed by atoms with Gasteiger partial charge in [-0.3, -0.25) is 14.9 Å². The molecule has 0 radical (unpaired) electrons. The Hall–Kier alpha value is -1.18. The molecule has 0 unspecified atom stereocenters. The predicted octanol–water partition coefficient (Wildman–Crippen LogP) is 2.73. The molecule has 0 bridgehead atoms. The summed E-state index contributed by atoms with van der Waals surface area (Å²) in [6.45, 7) is 5.56. The second kappa shape index (κ2) is 4.99. The Balaban J connectivity index is 3.06. The molecule has 5 nitrogen and oxygen atoms in total. The van der Waals surface area contributed by atoms with Crippen molar-refractivity contribution in [1.82, 2.24) is 5.32 Å². The van der Waals surface area contributed by atoms with Crippen molar-refractivity contribution in [2.75, 3.05) is 0 Å². The Bertz CT molecular complexity index is 466. The van der Waals surface area contributed by atoms with E-state index < -0.39 is 4.92 Å². The minimum Gasteiger partial charge on any atom is -0.347 e. The number of nitrogens with one attached hydrogen (secondary N) is 1. The molecule has 0 atom stereocenters. The summed E-state index contributed by atoms with van der Waals surface area (Å²) in [6, 6.07) is 4.33. The lowest BCUT2D eigenvalue weighted by molar-refractivity contribution is -0.385. The summed E-state index contributed by atoms with van der Waals surface area (Å²) < 4.78 is 0.663. The van der Waals surface area contributed by atoms with Crippen molar-refractivity contribution < 1.29 is 9.72 Å². The van der Waals surface area contributed by atoms with Crippen molar-refractivity contribution in [2.24, 2.45) is 0 Å². The smallest absolute Gasteiger partial charge is 0.271 e. The van der Waals surface area contributed by atoms with E-state index in [2.05, 4.69) is 5.32 Å². The number of hydrogen-bond acceptors (Lipinski definition) is 3. The van der Waals surface area contributed by atoms with Gasteiger partial charge in [0, 0.05) is 26.8 Å². The fourth-order valence-corrected chi connectivity index (χ4v) is 1.88. The third-order valence-electron chi connectivity index (χ3n) is 1.84. The number of rotatable bonds is 2. The molecule has 0 heterocycles. The summed E-state index contributed by atoms with van der Waals surface area (Å²) in [6.07, 6.45) is 0. The Morgan fingerprint density at radius 1 is 1.35 bits per heavy atom. The zero-order valence-electron chi connectivity index (χ0n) is 9.78. The molecule has 92 valence electrons. The highest BCUT2D eigenvalue weighted by molar-refractivity contribution is 14.1. The summed E-state index contributed by atoms with van der Waals surface area (Å²) in [5, 5.41) is 13.4. The first-order chi connectivity index (χ1) is 7.69. The SMILES string of the molecule is CC(C)(C)NC(=O)c1cc(I)cc([N+](=O)[O-])c1. The van der Waals surface area contributed by atoms with Gasteiger partial charge in [-0.1, -0.05) is 0 Å². The van der Waals surface area contributed by atoms with Gasteiger partial charge in [-0.2, -0.15) is 0 Å². The van der Waals surface area contributed by atoms with Crippen LogP contribution in [0.15, 0.2) is 18.2 Å². The van der Waals surface area contributed by atoms with Gasteiger partial charge in [-0.15, -0.1) is 0 Å². The highest BCUT2D eigenvalue weighted by Crippen LogP contribution is 2.19. The second-order valence-electron chi connectivity index (χ2n) is 4.66. The molecular formula is C11H13IN2O3. The van der Waals surface area contributed by atoms with Crippen LogP contribution in [0, 0.1) is 13.7 Å².